The minimum atomic E-state index is -4.64. The Morgan fingerprint density at radius 1 is 1.19 bits per heavy atom. The smallest absolute Gasteiger partial charge is 0.329 e. The molecule has 0 bridgehead atoms. The van der Waals surface area contributed by atoms with E-state index >= 15 is 0 Å². The van der Waals surface area contributed by atoms with Crippen molar-refractivity contribution in [2.75, 3.05) is 13.1 Å². The summed E-state index contributed by atoms with van der Waals surface area (Å²) >= 11 is 6.51. The van der Waals surface area contributed by atoms with Crippen molar-refractivity contribution in [1.82, 2.24) is 15.1 Å². The largest absolute Gasteiger partial charge is 0.416 e. The molecule has 1 aromatic heterocycles. The number of amides is 2. The normalized spacial score (nSPS) is 16.3. The van der Waals surface area contributed by atoms with Crippen molar-refractivity contribution in [2.45, 2.75) is 12.6 Å². The lowest BCUT2D eigenvalue weighted by atomic mass is 9.93. The van der Waals surface area contributed by atoms with Gasteiger partial charge in [0.25, 0.3) is 11.1 Å². The summed E-state index contributed by atoms with van der Waals surface area (Å²) < 4.78 is 41.1. The van der Waals surface area contributed by atoms with Crippen LogP contribution in [0.15, 0.2) is 47.5 Å². The molecule has 6 nitrogen and oxygen atoms in total. The maximum absolute atomic E-state index is 13.7. The molecule has 1 saturated heterocycles. The maximum atomic E-state index is 13.7. The van der Waals surface area contributed by atoms with Crippen LogP contribution in [0, 0.1) is 0 Å². The van der Waals surface area contributed by atoms with Crippen molar-refractivity contribution in [3.63, 3.8) is 0 Å². The predicted octanol–water partition coefficient (Wildman–Crippen LogP) is 4.84. The van der Waals surface area contributed by atoms with Crippen molar-refractivity contribution >= 4 is 51.0 Å². The highest BCUT2D eigenvalue weighted by atomic mass is 35.5. The molecule has 0 aliphatic carbocycles. The summed E-state index contributed by atoms with van der Waals surface area (Å²) in [5.41, 5.74) is 6.10. The third-order valence-corrected chi connectivity index (χ3v) is 6.26. The first-order chi connectivity index (χ1) is 15.2. The van der Waals surface area contributed by atoms with Crippen LogP contribution in [0.2, 0.25) is 5.02 Å². The zero-order valence-corrected chi connectivity index (χ0v) is 17.9. The van der Waals surface area contributed by atoms with E-state index in [1.165, 1.54) is 12.1 Å². The topological polar surface area (TPSA) is 92.1 Å². The number of aromatic nitrogens is 2. The fraction of sp³-hybridized carbons (Fsp3) is 0.190. The molecule has 4 rings (SSSR count). The molecule has 0 unspecified atom stereocenters. The Bertz CT molecular complexity index is 1260. The number of halogens is 4. The third-order valence-electron chi connectivity index (χ3n) is 5.01. The van der Waals surface area contributed by atoms with E-state index in [0.29, 0.717) is 28.3 Å². The fourth-order valence-corrected chi connectivity index (χ4v) is 4.65. The molecule has 32 heavy (non-hydrogen) atoms. The number of nitrogens with one attached hydrogen (secondary N) is 1. The summed E-state index contributed by atoms with van der Waals surface area (Å²) in [6.07, 6.45) is -3.30. The van der Waals surface area contributed by atoms with Crippen molar-refractivity contribution in [3.8, 4) is 0 Å². The molecule has 1 fully saturated rings. The molecule has 0 saturated carbocycles. The summed E-state index contributed by atoms with van der Waals surface area (Å²) in [5, 5.41) is 6.91. The molecule has 2 amide bonds. The average Bonchev–Trinajstić information content (AvgIpc) is 3.31. The molecule has 2 heterocycles. The van der Waals surface area contributed by atoms with Crippen molar-refractivity contribution in [2.24, 2.45) is 5.73 Å². The van der Waals surface area contributed by atoms with Crippen molar-refractivity contribution < 1.29 is 22.8 Å². The Labute approximate surface area is 189 Å². The molecule has 0 spiro atoms. The molecular formula is C21H16ClF3N4O2S. The van der Waals surface area contributed by atoms with Gasteiger partial charge in [-0.15, -0.1) is 0 Å². The highest BCUT2D eigenvalue weighted by molar-refractivity contribution is 8.18. The number of alkyl halides is 3. The number of thioether (sulfide) groups is 1. The van der Waals surface area contributed by atoms with Crippen LogP contribution in [0.5, 0.6) is 0 Å². The zero-order chi connectivity index (χ0) is 23.0. The van der Waals surface area contributed by atoms with Crippen LogP contribution >= 0.6 is 23.4 Å². The Kier molecular flexibility index (Phi) is 6.02. The highest BCUT2D eigenvalue weighted by Crippen LogP contribution is 2.41. The lowest BCUT2D eigenvalue weighted by Gasteiger charge is -2.17. The lowest BCUT2D eigenvalue weighted by Crippen LogP contribution is -2.33. The Morgan fingerprint density at radius 3 is 2.69 bits per heavy atom. The summed E-state index contributed by atoms with van der Waals surface area (Å²) in [7, 11) is 0. The first-order valence-electron chi connectivity index (χ1n) is 9.45. The van der Waals surface area contributed by atoms with Crippen LogP contribution in [0.4, 0.5) is 18.0 Å². The van der Waals surface area contributed by atoms with E-state index in [-0.39, 0.29) is 35.0 Å². The van der Waals surface area contributed by atoms with E-state index in [4.69, 9.17) is 17.3 Å². The van der Waals surface area contributed by atoms with Crippen LogP contribution < -0.4 is 5.73 Å². The quantitative estimate of drug-likeness (QED) is 0.510. The van der Waals surface area contributed by atoms with Crippen LogP contribution in [-0.4, -0.2) is 39.3 Å². The minimum Gasteiger partial charge on any atom is -0.329 e. The van der Waals surface area contributed by atoms with Gasteiger partial charge in [0.2, 0.25) is 0 Å². The second-order valence-corrected chi connectivity index (χ2v) is 8.47. The number of H-pyrrole nitrogens is 1. The fourth-order valence-electron chi connectivity index (χ4n) is 3.51. The number of aromatic amines is 1. The van der Waals surface area contributed by atoms with Gasteiger partial charge in [-0.05, 0) is 59.1 Å². The second kappa shape index (κ2) is 8.61. The maximum Gasteiger partial charge on any atom is 0.416 e. The zero-order valence-electron chi connectivity index (χ0n) is 16.4. The van der Waals surface area contributed by atoms with E-state index in [9.17, 15) is 22.8 Å². The van der Waals surface area contributed by atoms with E-state index in [0.717, 1.165) is 16.5 Å². The Morgan fingerprint density at radius 2 is 1.97 bits per heavy atom. The minimum absolute atomic E-state index is 0.0248. The number of carbonyl (C=O) groups is 2. The Balaban J connectivity index is 1.88. The van der Waals surface area contributed by atoms with Gasteiger partial charge in [-0.3, -0.25) is 19.6 Å². The van der Waals surface area contributed by atoms with Gasteiger partial charge in [-0.2, -0.15) is 18.3 Å². The lowest BCUT2D eigenvalue weighted by molar-refractivity contribution is -0.138. The number of hydrogen-bond acceptors (Lipinski definition) is 5. The van der Waals surface area contributed by atoms with Crippen molar-refractivity contribution in [3.05, 3.63) is 69.2 Å². The van der Waals surface area contributed by atoms with E-state index in [2.05, 4.69) is 10.2 Å². The average molecular weight is 481 g/mol. The molecule has 0 atom stereocenters. The molecule has 2 aromatic carbocycles. The summed E-state index contributed by atoms with van der Waals surface area (Å²) in [6, 6.07) is 8.61. The number of nitrogens with two attached hydrogens (primary N) is 1. The van der Waals surface area contributed by atoms with Gasteiger partial charge < -0.3 is 5.73 Å². The third kappa shape index (κ3) is 4.25. The van der Waals surface area contributed by atoms with Crippen LogP contribution in [-0.2, 0) is 17.4 Å². The summed E-state index contributed by atoms with van der Waals surface area (Å²) in [5.74, 6) is -0.574. The number of carbonyl (C=O) groups excluding carboxylic acids is 2. The Hall–Kier alpha value is -2.82. The van der Waals surface area contributed by atoms with Crippen molar-refractivity contribution in [1.29, 1.82) is 0 Å². The van der Waals surface area contributed by atoms with Gasteiger partial charge >= 0.3 is 6.18 Å². The van der Waals surface area contributed by atoms with Gasteiger partial charge in [0.15, 0.2) is 0 Å². The van der Waals surface area contributed by atoms with Gasteiger partial charge in [0.1, 0.15) is 0 Å². The van der Waals surface area contributed by atoms with Crippen LogP contribution in [0.1, 0.15) is 16.7 Å². The van der Waals surface area contributed by atoms with Gasteiger partial charge in [-0.25, -0.2) is 0 Å². The van der Waals surface area contributed by atoms with Gasteiger partial charge in [0, 0.05) is 23.5 Å². The molecule has 0 radical (unpaired) electrons. The molecule has 166 valence electrons. The molecule has 1 aliphatic heterocycles. The van der Waals surface area contributed by atoms with E-state index in [1.54, 1.807) is 24.4 Å². The van der Waals surface area contributed by atoms with Crippen LogP contribution in [0.25, 0.3) is 16.5 Å². The van der Waals surface area contributed by atoms with Gasteiger partial charge in [0.05, 0.1) is 22.2 Å². The first-order valence-corrected chi connectivity index (χ1v) is 10.6. The number of benzene rings is 2. The number of allylic oxidation sites excluding steroid dienone is 1. The van der Waals surface area contributed by atoms with E-state index < -0.39 is 22.9 Å². The SMILES string of the molecule is NCCN1C(=O)S/C(=C(/Cc2ccc(Cl)cc2C(F)(F)F)c2ccc3[nH]ncc3c2)C1=O. The number of nitrogens with zero attached hydrogens (tertiary/aromatic N) is 2. The molecule has 11 heteroatoms. The second-order valence-electron chi connectivity index (χ2n) is 7.07. The van der Waals surface area contributed by atoms with Gasteiger partial charge in [-0.1, -0.05) is 23.7 Å². The molecular weight excluding hydrogens is 465 g/mol. The van der Waals surface area contributed by atoms with Crippen LogP contribution in [0.3, 0.4) is 0 Å². The molecule has 3 N–H and O–H groups in total. The number of fused-ring (bicyclic) bond motifs is 1. The monoisotopic (exact) mass is 480 g/mol. The predicted molar refractivity (Wildman–Crippen MR) is 117 cm³/mol. The number of imide groups is 1. The number of hydrogen-bond donors (Lipinski definition) is 2. The van der Waals surface area contributed by atoms with E-state index in [1.807, 2.05) is 0 Å². The standard InChI is InChI=1S/C21H16ClF3N4O2S/c22-14-3-1-12(16(9-14)21(23,24)25)8-15(11-2-4-17-13(7-11)10-27-28-17)18-19(30)29(6-5-26)20(31)32-18/h1-4,7,9-10H,5-6,8,26H2,(H,27,28)/b18-15-. The summed E-state index contributed by atoms with van der Waals surface area (Å²) in [6.45, 7) is 0.105. The highest BCUT2D eigenvalue weighted by Gasteiger charge is 2.38. The first kappa shape index (κ1) is 22.4. The number of rotatable bonds is 5. The summed E-state index contributed by atoms with van der Waals surface area (Å²) in [4.78, 5) is 26.4. The molecule has 3 aromatic rings. The molecule has 1 aliphatic rings.